The summed E-state index contributed by atoms with van der Waals surface area (Å²) in [4.78, 5) is 24.6. The third kappa shape index (κ3) is 7.62. The molecule has 0 spiro atoms. The van der Waals surface area contributed by atoms with Crippen LogP contribution < -0.4 is 5.32 Å². The zero-order valence-corrected chi connectivity index (χ0v) is 16.1. The number of nitrogens with one attached hydrogen (secondary N) is 1. The van der Waals surface area contributed by atoms with Crippen LogP contribution in [0.2, 0.25) is 0 Å². The van der Waals surface area contributed by atoms with E-state index in [9.17, 15) is 18.4 Å². The van der Waals surface area contributed by atoms with Crippen molar-refractivity contribution in [3.05, 3.63) is 59.7 Å². The number of halogens is 2. The molecule has 1 saturated carbocycles. The van der Waals surface area contributed by atoms with Gasteiger partial charge < -0.3 is 10.1 Å². The maximum absolute atomic E-state index is 13.5. The molecule has 28 heavy (non-hydrogen) atoms. The maximum atomic E-state index is 13.5. The molecule has 0 unspecified atom stereocenters. The van der Waals surface area contributed by atoms with Crippen LogP contribution in [0.4, 0.5) is 8.78 Å². The van der Waals surface area contributed by atoms with Gasteiger partial charge in [-0.05, 0) is 49.5 Å². The number of rotatable bonds is 8. The van der Waals surface area contributed by atoms with Gasteiger partial charge in [0.05, 0.1) is 0 Å². The van der Waals surface area contributed by atoms with Crippen molar-refractivity contribution >= 4 is 11.9 Å². The highest BCUT2D eigenvalue weighted by molar-refractivity contribution is 5.91. The minimum absolute atomic E-state index is 0.0631. The third-order valence-corrected chi connectivity index (χ3v) is 4.69. The van der Waals surface area contributed by atoms with Gasteiger partial charge in [0.2, 0.25) is 5.91 Å². The summed E-state index contributed by atoms with van der Waals surface area (Å²) in [7, 11) is 0. The normalized spacial score (nSPS) is 16.4. The Morgan fingerprint density at radius 3 is 2.50 bits per heavy atom. The van der Waals surface area contributed by atoms with Gasteiger partial charge in [-0.2, -0.15) is 0 Å². The summed E-state index contributed by atoms with van der Waals surface area (Å²) in [5, 5.41) is 2.60. The molecule has 152 valence electrons. The Labute approximate surface area is 164 Å². The quantitative estimate of drug-likeness (QED) is 0.410. The van der Waals surface area contributed by atoms with E-state index >= 15 is 0 Å². The van der Waals surface area contributed by atoms with Gasteiger partial charge in [0.1, 0.15) is 24.3 Å². The lowest BCUT2D eigenvalue weighted by Gasteiger charge is -2.19. The third-order valence-electron chi connectivity index (χ3n) is 4.69. The van der Waals surface area contributed by atoms with Crippen LogP contribution in [0, 0.1) is 17.6 Å². The molecule has 1 aromatic rings. The number of allylic oxidation sites excluding steroid dienone is 2. The molecule has 1 aromatic carbocycles. The molecule has 4 nitrogen and oxygen atoms in total. The summed E-state index contributed by atoms with van der Waals surface area (Å²) in [5.41, 5.74) is 0.266. The highest BCUT2D eigenvalue weighted by Crippen LogP contribution is 2.24. The van der Waals surface area contributed by atoms with Crippen molar-refractivity contribution in [3.8, 4) is 0 Å². The van der Waals surface area contributed by atoms with Crippen LogP contribution in [0.3, 0.4) is 0 Å². The summed E-state index contributed by atoms with van der Waals surface area (Å²) in [6.45, 7) is 1.86. The lowest BCUT2D eigenvalue weighted by Crippen LogP contribution is -2.42. The van der Waals surface area contributed by atoms with E-state index in [2.05, 4.69) is 5.32 Å². The fourth-order valence-electron chi connectivity index (χ4n) is 3.25. The van der Waals surface area contributed by atoms with Gasteiger partial charge in [-0.3, -0.25) is 4.79 Å². The molecule has 1 amide bonds. The average Bonchev–Trinajstić information content (AvgIpc) is 2.66. The molecule has 1 aliphatic carbocycles. The Balaban J connectivity index is 2.04. The van der Waals surface area contributed by atoms with E-state index < -0.39 is 29.6 Å². The van der Waals surface area contributed by atoms with Crippen LogP contribution in [-0.4, -0.2) is 24.5 Å². The van der Waals surface area contributed by atoms with Gasteiger partial charge in [-0.15, -0.1) is 0 Å². The fraction of sp³-hybridized carbons (Fsp3) is 0.455. The lowest BCUT2D eigenvalue weighted by molar-refractivity contribution is -0.146. The van der Waals surface area contributed by atoms with Crippen LogP contribution in [0.15, 0.2) is 42.5 Å². The van der Waals surface area contributed by atoms with Gasteiger partial charge in [0, 0.05) is 12.5 Å². The Bertz CT molecular complexity index is 704. The molecular formula is C22H27F2NO3. The number of amides is 1. The first-order valence-corrected chi connectivity index (χ1v) is 9.69. The molecule has 1 fully saturated rings. The van der Waals surface area contributed by atoms with E-state index in [1.807, 2.05) is 6.08 Å². The molecule has 0 aliphatic heterocycles. The van der Waals surface area contributed by atoms with E-state index in [4.69, 9.17) is 4.74 Å². The molecule has 0 bridgehead atoms. The van der Waals surface area contributed by atoms with Crippen molar-refractivity contribution in [1.82, 2.24) is 5.32 Å². The SMILES string of the molecule is C/C=C/COC(=O)[C@H](Cc1cc(F)cc(F)c1)NC(=O)/C=C/C1CCCCC1. The molecular weight excluding hydrogens is 364 g/mol. The second kappa shape index (κ2) is 11.4. The zero-order chi connectivity index (χ0) is 20.4. The molecule has 6 heteroatoms. The summed E-state index contributed by atoms with van der Waals surface area (Å²) in [5.74, 6) is -2.17. The monoisotopic (exact) mass is 391 g/mol. The zero-order valence-electron chi connectivity index (χ0n) is 16.1. The predicted molar refractivity (Wildman–Crippen MR) is 103 cm³/mol. The lowest BCUT2D eigenvalue weighted by atomic mass is 9.89. The van der Waals surface area contributed by atoms with Crippen LogP contribution in [0.5, 0.6) is 0 Å². The predicted octanol–water partition coefficient (Wildman–Crippen LogP) is 4.25. The van der Waals surface area contributed by atoms with Crippen LogP contribution in [-0.2, 0) is 20.7 Å². The molecule has 1 atom stereocenters. The van der Waals surface area contributed by atoms with Crippen molar-refractivity contribution in [3.63, 3.8) is 0 Å². The van der Waals surface area contributed by atoms with Gasteiger partial charge in [0.25, 0.3) is 0 Å². The summed E-state index contributed by atoms with van der Waals surface area (Å²) in [6.07, 6.45) is 12.3. The standard InChI is InChI=1S/C22H27F2NO3/c1-2-3-11-28-22(27)20(14-17-12-18(23)15-19(24)13-17)25-21(26)10-9-16-7-5-4-6-8-16/h2-3,9-10,12-13,15-16,20H,4-8,11,14H2,1H3,(H,25,26)/b3-2+,10-9+/t20-/m0/s1. The fourth-order valence-corrected chi connectivity index (χ4v) is 3.25. The van der Waals surface area contributed by atoms with E-state index in [0.29, 0.717) is 5.92 Å². The van der Waals surface area contributed by atoms with Crippen molar-refractivity contribution in [2.24, 2.45) is 5.92 Å². The Kier molecular flexibility index (Phi) is 8.85. The highest BCUT2D eigenvalue weighted by atomic mass is 19.1. The second-order valence-electron chi connectivity index (χ2n) is 7.00. The number of esters is 1. The number of hydrogen-bond donors (Lipinski definition) is 1. The van der Waals surface area contributed by atoms with Crippen LogP contribution in [0.1, 0.15) is 44.6 Å². The topological polar surface area (TPSA) is 55.4 Å². The number of ether oxygens (including phenoxy) is 1. The van der Waals surface area contributed by atoms with E-state index in [-0.39, 0.29) is 18.6 Å². The summed E-state index contributed by atoms with van der Waals surface area (Å²) in [6, 6.07) is 2.00. The number of carbonyl (C=O) groups is 2. The number of carbonyl (C=O) groups excluding carboxylic acids is 2. The average molecular weight is 391 g/mol. The molecule has 0 radical (unpaired) electrons. The Morgan fingerprint density at radius 2 is 1.86 bits per heavy atom. The van der Waals surface area contributed by atoms with Crippen LogP contribution >= 0.6 is 0 Å². The first-order chi connectivity index (χ1) is 13.5. The molecule has 1 aliphatic rings. The minimum Gasteiger partial charge on any atom is -0.460 e. The van der Waals surface area contributed by atoms with Gasteiger partial charge in [-0.25, -0.2) is 13.6 Å². The Morgan fingerprint density at radius 1 is 1.18 bits per heavy atom. The van der Waals surface area contributed by atoms with E-state index in [0.717, 1.165) is 43.9 Å². The van der Waals surface area contributed by atoms with Gasteiger partial charge in [0.15, 0.2) is 0 Å². The first kappa shape index (κ1) is 21.8. The molecule has 2 rings (SSSR count). The van der Waals surface area contributed by atoms with Crippen molar-refractivity contribution in [2.75, 3.05) is 6.61 Å². The Hall–Kier alpha value is -2.50. The largest absolute Gasteiger partial charge is 0.460 e. The van der Waals surface area contributed by atoms with Crippen molar-refractivity contribution < 1.29 is 23.1 Å². The summed E-state index contributed by atoms with van der Waals surface area (Å²) >= 11 is 0. The molecule has 0 saturated heterocycles. The summed E-state index contributed by atoms with van der Waals surface area (Å²) < 4.78 is 32.0. The number of hydrogen-bond acceptors (Lipinski definition) is 3. The van der Waals surface area contributed by atoms with Crippen molar-refractivity contribution in [1.29, 1.82) is 0 Å². The van der Waals surface area contributed by atoms with E-state index in [1.54, 1.807) is 19.1 Å². The van der Waals surface area contributed by atoms with Gasteiger partial charge >= 0.3 is 5.97 Å². The first-order valence-electron chi connectivity index (χ1n) is 9.69. The molecule has 1 N–H and O–H groups in total. The second-order valence-corrected chi connectivity index (χ2v) is 7.00. The molecule has 0 heterocycles. The van der Waals surface area contributed by atoms with Gasteiger partial charge in [-0.1, -0.05) is 37.5 Å². The van der Waals surface area contributed by atoms with E-state index in [1.165, 1.54) is 12.5 Å². The highest BCUT2D eigenvalue weighted by Gasteiger charge is 2.23. The smallest absolute Gasteiger partial charge is 0.329 e. The van der Waals surface area contributed by atoms with Crippen LogP contribution in [0.25, 0.3) is 0 Å². The maximum Gasteiger partial charge on any atom is 0.329 e. The number of benzene rings is 1. The van der Waals surface area contributed by atoms with Crippen molar-refractivity contribution in [2.45, 2.75) is 51.5 Å². The molecule has 0 aromatic heterocycles. The minimum atomic E-state index is -1.03.